The summed E-state index contributed by atoms with van der Waals surface area (Å²) >= 11 is 0. The van der Waals surface area contributed by atoms with Gasteiger partial charge in [-0.05, 0) is 25.0 Å². The van der Waals surface area contributed by atoms with Crippen molar-refractivity contribution in [3.63, 3.8) is 0 Å². The maximum absolute atomic E-state index is 12.2. The van der Waals surface area contributed by atoms with Crippen LogP contribution in [0.3, 0.4) is 0 Å². The largest absolute Gasteiger partial charge is 0.349 e. The number of nitrogens with one attached hydrogen (secondary N) is 2. The Kier molecular flexibility index (Phi) is 6.50. The molecule has 0 radical (unpaired) electrons. The molecule has 2 aromatic rings. The van der Waals surface area contributed by atoms with E-state index in [2.05, 4.69) is 20.7 Å². The lowest BCUT2D eigenvalue weighted by Gasteiger charge is -2.16. The van der Waals surface area contributed by atoms with Crippen molar-refractivity contribution in [1.82, 2.24) is 25.0 Å². The van der Waals surface area contributed by atoms with E-state index in [-0.39, 0.29) is 18.0 Å². The molecule has 0 fully saturated rings. The Morgan fingerprint density at radius 2 is 2.04 bits per heavy atom. The highest BCUT2D eigenvalue weighted by molar-refractivity contribution is 5.90. The van der Waals surface area contributed by atoms with Crippen LogP contribution in [0, 0.1) is 0 Å². The van der Waals surface area contributed by atoms with E-state index in [4.69, 9.17) is 0 Å². The van der Waals surface area contributed by atoms with E-state index in [0.717, 1.165) is 5.56 Å². The van der Waals surface area contributed by atoms with E-state index < -0.39 is 0 Å². The minimum atomic E-state index is -0.293. The number of urea groups is 1. The van der Waals surface area contributed by atoms with Gasteiger partial charge in [0.15, 0.2) is 0 Å². The molecular formula is C17H24N6O2. The Morgan fingerprint density at radius 3 is 2.72 bits per heavy atom. The monoisotopic (exact) mass is 344 g/mol. The van der Waals surface area contributed by atoms with Gasteiger partial charge in [0, 0.05) is 32.2 Å². The number of carbonyl (C=O) groups is 2. The number of hydrogen-bond acceptors (Lipinski definition) is 4. The zero-order valence-electron chi connectivity index (χ0n) is 14.8. The van der Waals surface area contributed by atoms with Crippen LogP contribution in [-0.4, -0.2) is 51.7 Å². The molecule has 3 amide bonds. The van der Waals surface area contributed by atoms with E-state index >= 15 is 0 Å². The Morgan fingerprint density at radius 1 is 1.28 bits per heavy atom. The van der Waals surface area contributed by atoms with Gasteiger partial charge in [-0.15, -0.1) is 0 Å². The van der Waals surface area contributed by atoms with Crippen molar-refractivity contribution in [2.75, 3.05) is 19.4 Å². The number of nitrogens with zero attached hydrogens (tertiary/aromatic N) is 4. The van der Waals surface area contributed by atoms with Crippen LogP contribution >= 0.6 is 0 Å². The van der Waals surface area contributed by atoms with E-state index in [1.54, 1.807) is 30.0 Å². The van der Waals surface area contributed by atoms with Crippen LogP contribution in [0.25, 0.3) is 0 Å². The zero-order valence-corrected chi connectivity index (χ0v) is 14.8. The lowest BCUT2D eigenvalue weighted by Crippen LogP contribution is -2.38. The number of aryl methyl sites for hydroxylation is 1. The van der Waals surface area contributed by atoms with Gasteiger partial charge in [0.25, 0.3) is 0 Å². The van der Waals surface area contributed by atoms with E-state index in [1.165, 1.54) is 6.33 Å². The molecule has 0 saturated heterocycles. The Labute approximate surface area is 147 Å². The number of rotatable bonds is 7. The van der Waals surface area contributed by atoms with Gasteiger partial charge in [-0.25, -0.2) is 9.78 Å². The molecule has 0 bridgehead atoms. The first kappa shape index (κ1) is 18.4. The average molecular weight is 344 g/mol. The minimum absolute atomic E-state index is 0.0562. The molecule has 0 aliphatic rings. The number of carbonyl (C=O) groups excluding carboxylic acids is 2. The summed E-state index contributed by atoms with van der Waals surface area (Å²) in [6.45, 7) is 2.43. The highest BCUT2D eigenvalue weighted by Gasteiger charge is 2.12. The summed E-state index contributed by atoms with van der Waals surface area (Å²) in [4.78, 5) is 29.4. The van der Waals surface area contributed by atoms with E-state index in [0.29, 0.717) is 25.1 Å². The molecule has 1 atom stereocenters. The number of aromatic nitrogens is 3. The fourth-order valence-corrected chi connectivity index (χ4v) is 2.36. The summed E-state index contributed by atoms with van der Waals surface area (Å²) < 4.78 is 1.66. The predicted octanol–water partition coefficient (Wildman–Crippen LogP) is 1.51. The quantitative estimate of drug-likeness (QED) is 0.796. The summed E-state index contributed by atoms with van der Waals surface area (Å²) in [7, 11) is 3.47. The van der Waals surface area contributed by atoms with Crippen LogP contribution < -0.4 is 10.6 Å². The minimum Gasteiger partial charge on any atom is -0.349 e. The molecule has 2 rings (SSSR count). The number of hydrogen-bond donors (Lipinski definition) is 2. The third-order valence-electron chi connectivity index (χ3n) is 3.68. The van der Waals surface area contributed by atoms with Gasteiger partial charge >= 0.3 is 6.03 Å². The standard InChI is InChI=1S/C17H24N6O2/c1-13(10-23-12-18-11-19-23)20-17(25)21-15-7-5-4-6-14(15)8-9-16(24)22(2)3/h4-7,11-13H,8-10H2,1-3H3,(H2,20,21,25)/t13-/m0/s1. The molecule has 2 N–H and O–H groups in total. The van der Waals surface area contributed by atoms with Crippen LogP contribution in [-0.2, 0) is 17.8 Å². The molecule has 8 nitrogen and oxygen atoms in total. The summed E-state index contributed by atoms with van der Waals surface area (Å²) in [5, 5.41) is 9.73. The summed E-state index contributed by atoms with van der Waals surface area (Å²) in [6.07, 6.45) is 4.03. The first-order valence-electron chi connectivity index (χ1n) is 8.13. The van der Waals surface area contributed by atoms with Crippen molar-refractivity contribution >= 4 is 17.6 Å². The Hall–Kier alpha value is -2.90. The Bertz CT molecular complexity index is 699. The smallest absolute Gasteiger partial charge is 0.319 e. The summed E-state index contributed by atoms with van der Waals surface area (Å²) in [5.41, 5.74) is 1.64. The highest BCUT2D eigenvalue weighted by Crippen LogP contribution is 2.17. The third kappa shape index (κ3) is 5.91. The fraction of sp³-hybridized carbons (Fsp3) is 0.412. The van der Waals surface area contributed by atoms with Gasteiger partial charge in [0.2, 0.25) is 5.91 Å². The van der Waals surface area contributed by atoms with Gasteiger partial charge in [0.1, 0.15) is 12.7 Å². The molecular weight excluding hydrogens is 320 g/mol. The molecule has 0 unspecified atom stereocenters. The van der Waals surface area contributed by atoms with Gasteiger partial charge < -0.3 is 15.5 Å². The van der Waals surface area contributed by atoms with Gasteiger partial charge in [0.05, 0.1) is 6.54 Å². The van der Waals surface area contributed by atoms with Crippen LogP contribution in [0.15, 0.2) is 36.9 Å². The highest BCUT2D eigenvalue weighted by atomic mass is 16.2. The lowest BCUT2D eigenvalue weighted by atomic mass is 10.1. The second kappa shape index (κ2) is 8.81. The SMILES string of the molecule is C[C@@H](Cn1cncn1)NC(=O)Nc1ccccc1CCC(=O)N(C)C. The van der Waals surface area contributed by atoms with Crippen molar-refractivity contribution in [1.29, 1.82) is 0 Å². The Balaban J connectivity index is 1.90. The second-order valence-corrected chi connectivity index (χ2v) is 6.06. The normalized spacial score (nSPS) is 11.6. The van der Waals surface area contributed by atoms with Crippen LogP contribution in [0.2, 0.25) is 0 Å². The van der Waals surface area contributed by atoms with Crippen LogP contribution in [0.1, 0.15) is 18.9 Å². The summed E-state index contributed by atoms with van der Waals surface area (Å²) in [5.74, 6) is 0.0562. The number of benzene rings is 1. The molecule has 1 aromatic heterocycles. The van der Waals surface area contributed by atoms with Crippen molar-refractivity contribution in [2.45, 2.75) is 32.4 Å². The molecule has 1 aromatic carbocycles. The van der Waals surface area contributed by atoms with E-state index in [1.807, 2.05) is 31.2 Å². The lowest BCUT2D eigenvalue weighted by molar-refractivity contribution is -0.128. The van der Waals surface area contributed by atoms with Crippen molar-refractivity contribution in [2.24, 2.45) is 0 Å². The van der Waals surface area contributed by atoms with Crippen molar-refractivity contribution < 1.29 is 9.59 Å². The summed E-state index contributed by atoms with van der Waals surface area (Å²) in [6, 6.07) is 7.09. The molecule has 134 valence electrons. The third-order valence-corrected chi connectivity index (χ3v) is 3.68. The number of amides is 3. The maximum Gasteiger partial charge on any atom is 0.319 e. The molecule has 0 spiro atoms. The maximum atomic E-state index is 12.2. The van der Waals surface area contributed by atoms with E-state index in [9.17, 15) is 9.59 Å². The first-order chi connectivity index (χ1) is 12.0. The van der Waals surface area contributed by atoms with Crippen molar-refractivity contribution in [3.05, 3.63) is 42.5 Å². The van der Waals surface area contributed by atoms with Gasteiger partial charge in [-0.3, -0.25) is 9.48 Å². The molecule has 1 heterocycles. The fourth-order valence-electron chi connectivity index (χ4n) is 2.36. The van der Waals surface area contributed by atoms with Gasteiger partial charge in [-0.2, -0.15) is 5.10 Å². The van der Waals surface area contributed by atoms with Crippen LogP contribution in [0.4, 0.5) is 10.5 Å². The molecule has 0 saturated carbocycles. The molecule has 0 aliphatic carbocycles. The second-order valence-electron chi connectivity index (χ2n) is 6.06. The number of para-hydroxylation sites is 1. The van der Waals surface area contributed by atoms with Crippen molar-refractivity contribution in [3.8, 4) is 0 Å². The van der Waals surface area contributed by atoms with Crippen LogP contribution in [0.5, 0.6) is 0 Å². The van der Waals surface area contributed by atoms with Gasteiger partial charge in [-0.1, -0.05) is 18.2 Å². The molecule has 25 heavy (non-hydrogen) atoms. The average Bonchev–Trinajstić information content (AvgIpc) is 3.06. The molecule has 0 aliphatic heterocycles. The molecule has 8 heteroatoms. The first-order valence-corrected chi connectivity index (χ1v) is 8.13. The zero-order chi connectivity index (χ0) is 18.2. The number of anilines is 1. The predicted molar refractivity (Wildman–Crippen MR) is 95.1 cm³/mol. The topological polar surface area (TPSA) is 92.1 Å².